The van der Waals surface area contributed by atoms with Gasteiger partial charge in [-0.2, -0.15) is 5.26 Å². The van der Waals surface area contributed by atoms with E-state index in [1.807, 2.05) is 25.1 Å². The Morgan fingerprint density at radius 1 is 1.19 bits per heavy atom. The summed E-state index contributed by atoms with van der Waals surface area (Å²) in [5.74, 6) is -0.638. The molecule has 0 spiro atoms. The Bertz CT molecular complexity index is 650. The smallest absolute Gasteiger partial charge is 0.174 e. The molecule has 0 aliphatic carbocycles. The van der Waals surface area contributed by atoms with Gasteiger partial charge in [0.05, 0.1) is 5.69 Å². The molecule has 21 heavy (non-hydrogen) atoms. The van der Waals surface area contributed by atoms with Gasteiger partial charge in [0.1, 0.15) is 23.5 Å². The summed E-state index contributed by atoms with van der Waals surface area (Å²) in [5, 5.41) is 11.4. The number of benzene rings is 2. The molecule has 1 atom stereocenters. The average Bonchev–Trinajstić information content (AvgIpc) is 2.48. The molecule has 0 amide bonds. The lowest BCUT2D eigenvalue weighted by Gasteiger charge is -2.16. The molecule has 0 saturated carbocycles. The first-order valence-electron chi connectivity index (χ1n) is 6.41. The molecule has 2 rings (SSSR count). The average molecular weight is 288 g/mol. The zero-order valence-electron chi connectivity index (χ0n) is 11.4. The molecule has 0 aliphatic heterocycles. The van der Waals surface area contributed by atoms with Crippen LogP contribution in [0.4, 0.5) is 14.5 Å². The largest absolute Gasteiger partial charge is 0.479 e. The van der Waals surface area contributed by atoms with Crippen LogP contribution in [0.2, 0.25) is 0 Å². The molecule has 2 aromatic rings. The zero-order chi connectivity index (χ0) is 15.2. The lowest BCUT2D eigenvalue weighted by atomic mass is 10.1. The molecule has 0 aromatic heterocycles. The Labute approximate surface area is 121 Å². The highest BCUT2D eigenvalue weighted by Crippen LogP contribution is 2.23. The zero-order valence-corrected chi connectivity index (χ0v) is 11.4. The molecule has 0 aliphatic rings. The monoisotopic (exact) mass is 288 g/mol. The van der Waals surface area contributed by atoms with Crippen molar-refractivity contribution in [3.63, 3.8) is 0 Å². The van der Waals surface area contributed by atoms with Crippen molar-refractivity contribution >= 4 is 5.69 Å². The van der Waals surface area contributed by atoms with Gasteiger partial charge in [0, 0.05) is 12.1 Å². The van der Waals surface area contributed by atoms with E-state index in [0.29, 0.717) is 5.75 Å². The Morgan fingerprint density at radius 2 is 1.90 bits per heavy atom. The fraction of sp³-hybridized carbons (Fsp3) is 0.188. The molecule has 108 valence electrons. The number of nitrogens with zero attached hydrogens (tertiary/aromatic N) is 1. The molecule has 3 nitrogen and oxygen atoms in total. The minimum absolute atomic E-state index is 0.00601. The number of nitriles is 1. The molecule has 0 heterocycles. The molecule has 0 fully saturated rings. The van der Waals surface area contributed by atoms with E-state index in [0.717, 1.165) is 11.6 Å². The SMILES string of the molecule is CC(Nc1ccc(F)cc1F)c1ccc(OCC#N)cc1. The maximum atomic E-state index is 13.6. The van der Waals surface area contributed by atoms with E-state index in [4.69, 9.17) is 10.00 Å². The summed E-state index contributed by atoms with van der Waals surface area (Å²) in [4.78, 5) is 0. The second-order valence-electron chi connectivity index (χ2n) is 4.51. The fourth-order valence-electron chi connectivity index (χ4n) is 1.89. The van der Waals surface area contributed by atoms with Gasteiger partial charge in [0.25, 0.3) is 0 Å². The minimum Gasteiger partial charge on any atom is -0.479 e. The van der Waals surface area contributed by atoms with Crippen molar-refractivity contribution in [2.24, 2.45) is 0 Å². The van der Waals surface area contributed by atoms with Gasteiger partial charge in [-0.25, -0.2) is 8.78 Å². The van der Waals surface area contributed by atoms with E-state index in [2.05, 4.69) is 5.32 Å². The van der Waals surface area contributed by atoms with Crippen molar-refractivity contribution in [3.05, 3.63) is 59.7 Å². The van der Waals surface area contributed by atoms with E-state index in [1.54, 1.807) is 12.1 Å². The van der Waals surface area contributed by atoms with Crippen LogP contribution in [0, 0.1) is 23.0 Å². The highest BCUT2D eigenvalue weighted by atomic mass is 19.1. The molecule has 0 radical (unpaired) electrons. The third kappa shape index (κ3) is 3.93. The topological polar surface area (TPSA) is 45.0 Å². The number of ether oxygens (including phenoxy) is 1. The van der Waals surface area contributed by atoms with Crippen LogP contribution >= 0.6 is 0 Å². The van der Waals surface area contributed by atoms with Crippen LogP contribution in [0.15, 0.2) is 42.5 Å². The predicted octanol–water partition coefficient (Wildman–Crippen LogP) is 4.04. The standard InChI is InChI=1S/C16H14F2N2O/c1-11(20-16-7-4-13(17)10-15(16)18)12-2-5-14(6-3-12)21-9-8-19/h2-7,10-11,20H,9H2,1H3. The third-order valence-electron chi connectivity index (χ3n) is 2.99. The van der Waals surface area contributed by atoms with Gasteiger partial charge in [-0.1, -0.05) is 12.1 Å². The number of nitrogens with one attached hydrogen (secondary N) is 1. The van der Waals surface area contributed by atoms with Gasteiger partial charge in [-0.05, 0) is 36.8 Å². The molecular weight excluding hydrogens is 274 g/mol. The molecule has 0 bridgehead atoms. The Kier molecular flexibility index (Phi) is 4.72. The number of hydrogen-bond donors (Lipinski definition) is 1. The summed E-state index contributed by atoms with van der Waals surface area (Å²) in [5.41, 5.74) is 1.16. The highest BCUT2D eigenvalue weighted by molar-refractivity contribution is 5.47. The number of anilines is 1. The van der Waals surface area contributed by atoms with E-state index in [1.165, 1.54) is 12.1 Å². The maximum absolute atomic E-state index is 13.6. The summed E-state index contributed by atoms with van der Waals surface area (Å²) < 4.78 is 31.6. The summed E-state index contributed by atoms with van der Waals surface area (Å²) in [6, 6.07) is 12.3. The normalized spacial score (nSPS) is 11.5. The third-order valence-corrected chi connectivity index (χ3v) is 2.99. The molecule has 2 aromatic carbocycles. The minimum atomic E-state index is -0.629. The van der Waals surface area contributed by atoms with Gasteiger partial charge in [0.15, 0.2) is 6.61 Å². The van der Waals surface area contributed by atoms with Crippen LogP contribution in [0.3, 0.4) is 0 Å². The first-order valence-corrected chi connectivity index (χ1v) is 6.41. The van der Waals surface area contributed by atoms with Gasteiger partial charge in [0.2, 0.25) is 0 Å². The van der Waals surface area contributed by atoms with E-state index in [9.17, 15) is 8.78 Å². The van der Waals surface area contributed by atoms with Crippen molar-refractivity contribution in [1.29, 1.82) is 5.26 Å². The van der Waals surface area contributed by atoms with Crippen LogP contribution in [-0.4, -0.2) is 6.61 Å². The van der Waals surface area contributed by atoms with Crippen LogP contribution in [-0.2, 0) is 0 Å². The Hall–Kier alpha value is -2.61. The van der Waals surface area contributed by atoms with Crippen molar-refractivity contribution < 1.29 is 13.5 Å². The second-order valence-corrected chi connectivity index (χ2v) is 4.51. The molecular formula is C16H14F2N2O. The van der Waals surface area contributed by atoms with Gasteiger partial charge >= 0.3 is 0 Å². The summed E-state index contributed by atoms with van der Waals surface area (Å²) >= 11 is 0. The van der Waals surface area contributed by atoms with Crippen molar-refractivity contribution in [3.8, 4) is 11.8 Å². The summed E-state index contributed by atoms with van der Waals surface area (Å²) in [6.07, 6.45) is 0. The fourth-order valence-corrected chi connectivity index (χ4v) is 1.89. The van der Waals surface area contributed by atoms with Crippen molar-refractivity contribution in [1.82, 2.24) is 0 Å². The van der Waals surface area contributed by atoms with Gasteiger partial charge in [-0.15, -0.1) is 0 Å². The quantitative estimate of drug-likeness (QED) is 0.903. The van der Waals surface area contributed by atoms with E-state index >= 15 is 0 Å². The van der Waals surface area contributed by atoms with Gasteiger partial charge in [-0.3, -0.25) is 0 Å². The van der Waals surface area contributed by atoms with Crippen molar-refractivity contribution in [2.75, 3.05) is 11.9 Å². The molecule has 0 saturated heterocycles. The van der Waals surface area contributed by atoms with E-state index < -0.39 is 11.6 Å². The predicted molar refractivity (Wildman–Crippen MR) is 75.9 cm³/mol. The Morgan fingerprint density at radius 3 is 2.52 bits per heavy atom. The maximum Gasteiger partial charge on any atom is 0.174 e. The first-order chi connectivity index (χ1) is 10.1. The number of halogens is 2. The molecule has 5 heteroatoms. The molecule has 1 N–H and O–H groups in total. The summed E-state index contributed by atoms with van der Waals surface area (Å²) in [7, 11) is 0. The highest BCUT2D eigenvalue weighted by Gasteiger charge is 2.09. The van der Waals surface area contributed by atoms with Crippen LogP contribution in [0.5, 0.6) is 5.75 Å². The lowest BCUT2D eigenvalue weighted by molar-refractivity contribution is 0.368. The van der Waals surface area contributed by atoms with Crippen LogP contribution < -0.4 is 10.1 Å². The lowest BCUT2D eigenvalue weighted by Crippen LogP contribution is -2.08. The van der Waals surface area contributed by atoms with Crippen LogP contribution in [0.25, 0.3) is 0 Å². The Balaban J connectivity index is 2.06. The number of rotatable bonds is 5. The second kappa shape index (κ2) is 6.71. The van der Waals surface area contributed by atoms with Crippen molar-refractivity contribution in [2.45, 2.75) is 13.0 Å². The van der Waals surface area contributed by atoms with Gasteiger partial charge < -0.3 is 10.1 Å². The summed E-state index contributed by atoms with van der Waals surface area (Å²) in [6.45, 7) is 1.86. The van der Waals surface area contributed by atoms with Crippen LogP contribution in [0.1, 0.15) is 18.5 Å². The first kappa shape index (κ1) is 14.8. The van der Waals surface area contributed by atoms with E-state index in [-0.39, 0.29) is 18.3 Å². The number of hydrogen-bond acceptors (Lipinski definition) is 3. The molecule has 1 unspecified atom stereocenters.